The van der Waals surface area contributed by atoms with Gasteiger partial charge in [-0.1, -0.05) is 24.3 Å². The van der Waals surface area contributed by atoms with Crippen molar-refractivity contribution in [3.8, 4) is 0 Å². The molecule has 5 nitrogen and oxygen atoms in total. The molecule has 1 atom stereocenters. The molecule has 0 heterocycles. The minimum atomic E-state index is -0.540. The van der Waals surface area contributed by atoms with Crippen molar-refractivity contribution in [2.24, 2.45) is 11.7 Å². The zero-order valence-corrected chi connectivity index (χ0v) is 10.8. The van der Waals surface area contributed by atoms with Crippen LogP contribution in [0.5, 0.6) is 0 Å². The van der Waals surface area contributed by atoms with Gasteiger partial charge < -0.3 is 21.0 Å². The minimum Gasteiger partial charge on any atom is -0.392 e. The summed E-state index contributed by atoms with van der Waals surface area (Å²) in [5.41, 5.74) is 6.88. The zero-order chi connectivity index (χ0) is 14.1. The second-order valence-corrected chi connectivity index (χ2v) is 4.51. The Hall–Kier alpha value is -1.88. The maximum absolute atomic E-state index is 11.0. The van der Waals surface area contributed by atoms with Crippen LogP contribution < -0.4 is 11.1 Å². The molecular formula is C14H20N2O3. The maximum Gasteiger partial charge on any atom is 0.312 e. The number of carbonyl (C=O) groups is 2. The van der Waals surface area contributed by atoms with Crippen molar-refractivity contribution in [2.75, 3.05) is 6.54 Å². The van der Waals surface area contributed by atoms with E-state index in [2.05, 4.69) is 5.32 Å². The summed E-state index contributed by atoms with van der Waals surface area (Å²) >= 11 is 0. The maximum atomic E-state index is 11.0. The molecule has 0 bridgehead atoms. The standard InChI is InChI=1S/C14H20N2O3/c15-14(19)16-7-1-2-13(10-18)8-11-3-5-12(9-17)6-4-11/h3-6,10,13,17H,1-2,7-9H2,(H3,15,16,19)/t13-/m1/s1. The lowest BCUT2D eigenvalue weighted by atomic mass is 9.95. The number of primary amides is 1. The van der Waals surface area contributed by atoms with Crippen LogP contribution in [0.1, 0.15) is 24.0 Å². The van der Waals surface area contributed by atoms with Crippen molar-refractivity contribution in [1.82, 2.24) is 5.32 Å². The van der Waals surface area contributed by atoms with Crippen LogP contribution in [0.3, 0.4) is 0 Å². The van der Waals surface area contributed by atoms with Crippen LogP contribution >= 0.6 is 0 Å². The molecule has 2 amide bonds. The molecule has 0 aliphatic carbocycles. The van der Waals surface area contributed by atoms with Crippen molar-refractivity contribution in [2.45, 2.75) is 25.9 Å². The molecule has 0 unspecified atom stereocenters. The summed E-state index contributed by atoms with van der Waals surface area (Å²) < 4.78 is 0. The third-order valence-corrected chi connectivity index (χ3v) is 2.95. The molecule has 0 aliphatic heterocycles. The smallest absolute Gasteiger partial charge is 0.312 e. The monoisotopic (exact) mass is 264 g/mol. The van der Waals surface area contributed by atoms with E-state index in [1.165, 1.54) is 0 Å². The number of aldehydes is 1. The van der Waals surface area contributed by atoms with Gasteiger partial charge in [-0.15, -0.1) is 0 Å². The van der Waals surface area contributed by atoms with Gasteiger partial charge in [0.2, 0.25) is 0 Å². The lowest BCUT2D eigenvalue weighted by Crippen LogP contribution is -2.30. The number of amides is 2. The highest BCUT2D eigenvalue weighted by Gasteiger charge is 2.08. The van der Waals surface area contributed by atoms with E-state index < -0.39 is 6.03 Å². The summed E-state index contributed by atoms with van der Waals surface area (Å²) in [4.78, 5) is 21.5. The number of aliphatic hydroxyl groups is 1. The Kier molecular flexibility index (Phi) is 6.60. The van der Waals surface area contributed by atoms with Gasteiger partial charge in [0, 0.05) is 12.5 Å². The highest BCUT2D eigenvalue weighted by Crippen LogP contribution is 2.13. The van der Waals surface area contributed by atoms with Gasteiger partial charge in [0.1, 0.15) is 6.29 Å². The van der Waals surface area contributed by atoms with Crippen molar-refractivity contribution in [1.29, 1.82) is 0 Å². The Morgan fingerprint density at radius 2 is 1.95 bits per heavy atom. The van der Waals surface area contributed by atoms with Gasteiger partial charge in [0.25, 0.3) is 0 Å². The first-order valence-electron chi connectivity index (χ1n) is 6.33. The van der Waals surface area contributed by atoms with E-state index in [-0.39, 0.29) is 12.5 Å². The first kappa shape index (κ1) is 15.2. The summed E-state index contributed by atoms with van der Waals surface area (Å²) in [5, 5.41) is 11.4. The number of rotatable bonds is 8. The van der Waals surface area contributed by atoms with Gasteiger partial charge in [-0.2, -0.15) is 0 Å². The predicted octanol–water partition coefficient (Wildman–Crippen LogP) is 0.985. The average Bonchev–Trinajstić information content (AvgIpc) is 2.42. The van der Waals surface area contributed by atoms with Crippen molar-refractivity contribution >= 4 is 12.3 Å². The quantitative estimate of drug-likeness (QED) is 0.483. The van der Waals surface area contributed by atoms with Gasteiger partial charge >= 0.3 is 6.03 Å². The van der Waals surface area contributed by atoms with Crippen LogP contribution in [0.15, 0.2) is 24.3 Å². The number of benzene rings is 1. The number of aliphatic hydroxyl groups excluding tert-OH is 1. The summed E-state index contributed by atoms with van der Waals surface area (Å²) in [5.74, 6) is -0.0605. The first-order chi connectivity index (χ1) is 9.15. The fourth-order valence-electron chi connectivity index (χ4n) is 1.88. The summed E-state index contributed by atoms with van der Waals surface area (Å²) in [6.07, 6.45) is 3.06. The van der Waals surface area contributed by atoms with Gasteiger partial charge in [0.15, 0.2) is 0 Å². The van der Waals surface area contributed by atoms with Crippen LogP contribution in [-0.2, 0) is 17.8 Å². The normalized spacial score (nSPS) is 11.8. The number of urea groups is 1. The molecule has 0 saturated heterocycles. The minimum absolute atomic E-state index is 0.0240. The Labute approximate surface area is 112 Å². The van der Waals surface area contributed by atoms with Crippen LogP contribution in [0.25, 0.3) is 0 Å². The molecule has 104 valence electrons. The van der Waals surface area contributed by atoms with Gasteiger partial charge in [-0.05, 0) is 30.4 Å². The third kappa shape index (κ3) is 6.01. The molecule has 19 heavy (non-hydrogen) atoms. The van der Waals surface area contributed by atoms with Crippen molar-refractivity contribution < 1.29 is 14.7 Å². The lowest BCUT2D eigenvalue weighted by molar-refractivity contribution is -0.111. The molecule has 1 aromatic carbocycles. The Morgan fingerprint density at radius 3 is 2.47 bits per heavy atom. The Morgan fingerprint density at radius 1 is 1.32 bits per heavy atom. The zero-order valence-electron chi connectivity index (χ0n) is 10.8. The highest BCUT2D eigenvalue weighted by atomic mass is 16.3. The van der Waals surface area contributed by atoms with Crippen LogP contribution in [0.2, 0.25) is 0 Å². The van der Waals surface area contributed by atoms with E-state index in [4.69, 9.17) is 10.8 Å². The summed E-state index contributed by atoms with van der Waals surface area (Å²) in [7, 11) is 0. The highest BCUT2D eigenvalue weighted by molar-refractivity contribution is 5.71. The molecule has 0 fully saturated rings. The number of hydrogen-bond acceptors (Lipinski definition) is 3. The predicted molar refractivity (Wildman–Crippen MR) is 72.4 cm³/mol. The molecule has 0 radical (unpaired) electrons. The average molecular weight is 264 g/mol. The molecule has 1 rings (SSSR count). The molecule has 0 spiro atoms. The molecule has 4 N–H and O–H groups in total. The second-order valence-electron chi connectivity index (χ2n) is 4.51. The largest absolute Gasteiger partial charge is 0.392 e. The number of nitrogens with two attached hydrogens (primary N) is 1. The molecule has 1 aromatic rings. The molecular weight excluding hydrogens is 244 g/mol. The van der Waals surface area contributed by atoms with Gasteiger partial charge in [0.05, 0.1) is 6.61 Å². The van der Waals surface area contributed by atoms with E-state index >= 15 is 0 Å². The lowest BCUT2D eigenvalue weighted by Gasteiger charge is -2.10. The van der Waals surface area contributed by atoms with Crippen LogP contribution in [0, 0.1) is 5.92 Å². The molecule has 5 heteroatoms. The summed E-state index contributed by atoms with van der Waals surface area (Å²) in [6.45, 7) is 0.513. The molecule has 0 saturated carbocycles. The first-order valence-corrected chi connectivity index (χ1v) is 6.33. The summed E-state index contributed by atoms with van der Waals surface area (Å²) in [6, 6.07) is 7.01. The Bertz CT molecular complexity index is 404. The fourth-order valence-corrected chi connectivity index (χ4v) is 1.88. The van der Waals surface area contributed by atoms with E-state index in [9.17, 15) is 9.59 Å². The van der Waals surface area contributed by atoms with Crippen molar-refractivity contribution in [3.63, 3.8) is 0 Å². The fraction of sp³-hybridized carbons (Fsp3) is 0.429. The van der Waals surface area contributed by atoms with E-state index in [1.54, 1.807) is 0 Å². The van der Waals surface area contributed by atoms with E-state index in [0.29, 0.717) is 19.4 Å². The number of hydrogen-bond donors (Lipinski definition) is 3. The van der Waals surface area contributed by atoms with E-state index in [1.807, 2.05) is 24.3 Å². The van der Waals surface area contributed by atoms with Crippen LogP contribution in [0.4, 0.5) is 4.79 Å². The van der Waals surface area contributed by atoms with Crippen molar-refractivity contribution in [3.05, 3.63) is 35.4 Å². The Balaban J connectivity index is 2.38. The van der Waals surface area contributed by atoms with Crippen LogP contribution in [-0.4, -0.2) is 24.0 Å². The van der Waals surface area contributed by atoms with Gasteiger partial charge in [-0.25, -0.2) is 4.79 Å². The molecule has 0 aliphatic rings. The topological polar surface area (TPSA) is 92.4 Å². The second kappa shape index (κ2) is 8.26. The molecule has 0 aromatic heterocycles. The third-order valence-electron chi connectivity index (χ3n) is 2.95. The SMILES string of the molecule is NC(=O)NCCC[C@@H](C=O)Cc1ccc(CO)cc1. The van der Waals surface area contributed by atoms with Gasteiger partial charge in [-0.3, -0.25) is 0 Å². The number of carbonyl (C=O) groups excluding carboxylic acids is 2. The van der Waals surface area contributed by atoms with E-state index in [0.717, 1.165) is 23.8 Å². The number of nitrogens with one attached hydrogen (secondary N) is 1.